The third-order valence-electron chi connectivity index (χ3n) is 3.29. The summed E-state index contributed by atoms with van der Waals surface area (Å²) in [5.41, 5.74) is 6.17. The van der Waals surface area contributed by atoms with Crippen molar-refractivity contribution in [2.24, 2.45) is 11.7 Å². The van der Waals surface area contributed by atoms with Crippen LogP contribution in [0.1, 0.15) is 18.7 Å². The van der Waals surface area contributed by atoms with Crippen molar-refractivity contribution in [3.63, 3.8) is 0 Å². The van der Waals surface area contributed by atoms with Gasteiger partial charge in [0.2, 0.25) is 11.7 Å². The van der Waals surface area contributed by atoms with E-state index in [1.807, 2.05) is 0 Å². The summed E-state index contributed by atoms with van der Waals surface area (Å²) >= 11 is 6.24. The van der Waals surface area contributed by atoms with E-state index in [1.165, 1.54) is 12.8 Å². The lowest BCUT2D eigenvalue weighted by Gasteiger charge is -2.12. The van der Waals surface area contributed by atoms with Gasteiger partial charge in [-0.05, 0) is 30.9 Å². The van der Waals surface area contributed by atoms with Crippen LogP contribution in [-0.2, 0) is 6.54 Å². The van der Waals surface area contributed by atoms with Crippen LogP contribution in [0, 0.1) is 5.92 Å². The Kier molecular flexibility index (Phi) is 3.98. The molecule has 1 saturated carbocycles. The largest absolute Gasteiger partial charge is 0.491 e. The van der Waals surface area contributed by atoms with Gasteiger partial charge in [-0.3, -0.25) is 0 Å². The lowest BCUT2D eigenvalue weighted by Crippen LogP contribution is -2.01. The van der Waals surface area contributed by atoms with Gasteiger partial charge in [-0.2, -0.15) is 4.98 Å². The zero-order valence-corrected chi connectivity index (χ0v) is 12.4. The molecule has 0 spiro atoms. The predicted molar refractivity (Wildman–Crippen MR) is 77.4 cm³/mol. The number of hydrogen-bond acceptors (Lipinski definition) is 6. The van der Waals surface area contributed by atoms with Crippen LogP contribution >= 0.6 is 11.6 Å². The first-order valence-electron chi connectivity index (χ1n) is 6.74. The Balaban J connectivity index is 1.92. The Hall–Kier alpha value is -1.79. The summed E-state index contributed by atoms with van der Waals surface area (Å²) in [5.74, 6) is 2.54. The third kappa shape index (κ3) is 3.11. The number of aromatic nitrogens is 2. The van der Waals surface area contributed by atoms with Gasteiger partial charge in [0.25, 0.3) is 0 Å². The second-order valence-corrected chi connectivity index (χ2v) is 5.37. The molecule has 1 aliphatic rings. The van der Waals surface area contributed by atoms with Crippen LogP contribution in [0.3, 0.4) is 0 Å². The molecule has 1 heterocycles. The van der Waals surface area contributed by atoms with Gasteiger partial charge in [-0.25, -0.2) is 0 Å². The summed E-state index contributed by atoms with van der Waals surface area (Å²) in [6, 6.07) is 3.52. The molecule has 2 aromatic rings. The Morgan fingerprint density at radius 1 is 1.43 bits per heavy atom. The van der Waals surface area contributed by atoms with E-state index < -0.39 is 0 Å². The first-order chi connectivity index (χ1) is 10.2. The third-order valence-corrected chi connectivity index (χ3v) is 3.57. The topological polar surface area (TPSA) is 83.4 Å². The van der Waals surface area contributed by atoms with Gasteiger partial charge in [-0.1, -0.05) is 16.8 Å². The van der Waals surface area contributed by atoms with Crippen LogP contribution in [0.5, 0.6) is 11.5 Å². The van der Waals surface area contributed by atoms with E-state index >= 15 is 0 Å². The first kappa shape index (κ1) is 14.2. The summed E-state index contributed by atoms with van der Waals surface area (Å²) in [5, 5.41) is 4.33. The number of benzene rings is 1. The van der Waals surface area contributed by atoms with Gasteiger partial charge < -0.3 is 19.7 Å². The quantitative estimate of drug-likeness (QED) is 0.883. The average molecular weight is 310 g/mol. The zero-order valence-electron chi connectivity index (χ0n) is 11.6. The number of nitrogens with zero attached hydrogens (tertiary/aromatic N) is 2. The second-order valence-electron chi connectivity index (χ2n) is 4.96. The molecule has 0 atom stereocenters. The van der Waals surface area contributed by atoms with Crippen molar-refractivity contribution in [3.05, 3.63) is 23.0 Å². The van der Waals surface area contributed by atoms with Gasteiger partial charge >= 0.3 is 0 Å². The summed E-state index contributed by atoms with van der Waals surface area (Å²) in [4.78, 5) is 4.19. The summed E-state index contributed by atoms with van der Waals surface area (Å²) in [6.45, 7) is 0.859. The molecule has 6 nitrogen and oxygen atoms in total. The Morgan fingerprint density at radius 3 is 2.86 bits per heavy atom. The number of nitrogens with two attached hydrogens (primary N) is 1. The lowest BCUT2D eigenvalue weighted by molar-refractivity contribution is 0.280. The lowest BCUT2D eigenvalue weighted by atomic mass is 10.2. The van der Waals surface area contributed by atoms with Crippen molar-refractivity contribution in [2.75, 3.05) is 13.7 Å². The van der Waals surface area contributed by atoms with Crippen LogP contribution in [-0.4, -0.2) is 23.9 Å². The normalized spacial score (nSPS) is 14.2. The van der Waals surface area contributed by atoms with E-state index in [0.29, 0.717) is 46.3 Å². The number of rotatable bonds is 6. The molecule has 112 valence electrons. The van der Waals surface area contributed by atoms with Crippen LogP contribution in [0.2, 0.25) is 5.02 Å². The Bertz CT molecular complexity index is 640. The molecule has 7 heteroatoms. The molecule has 1 aliphatic carbocycles. The van der Waals surface area contributed by atoms with Gasteiger partial charge in [0, 0.05) is 5.56 Å². The summed E-state index contributed by atoms with van der Waals surface area (Å²) in [6.07, 6.45) is 2.42. The van der Waals surface area contributed by atoms with E-state index in [2.05, 4.69) is 10.1 Å². The second kappa shape index (κ2) is 5.91. The molecular formula is C14H16ClN3O3. The highest BCUT2D eigenvalue weighted by Gasteiger charge is 2.23. The van der Waals surface area contributed by atoms with E-state index in [9.17, 15) is 0 Å². The van der Waals surface area contributed by atoms with Crippen molar-refractivity contribution >= 4 is 11.6 Å². The highest BCUT2D eigenvalue weighted by atomic mass is 35.5. The van der Waals surface area contributed by atoms with E-state index in [-0.39, 0.29) is 6.54 Å². The van der Waals surface area contributed by atoms with E-state index in [1.54, 1.807) is 19.2 Å². The maximum absolute atomic E-state index is 6.24. The molecular weight excluding hydrogens is 294 g/mol. The molecule has 21 heavy (non-hydrogen) atoms. The molecule has 1 fully saturated rings. The average Bonchev–Trinajstić information content (AvgIpc) is 3.19. The molecule has 1 aromatic carbocycles. The molecule has 0 unspecified atom stereocenters. The zero-order chi connectivity index (χ0) is 14.8. The number of ether oxygens (including phenoxy) is 2. The standard InChI is InChI=1S/C14H16ClN3O3/c1-19-13-10(15)4-9(14-17-12(6-16)21-18-14)5-11(13)20-7-8-2-3-8/h4-5,8H,2-3,6-7,16H2,1H3. The molecule has 0 amide bonds. The molecule has 0 radical (unpaired) electrons. The molecule has 2 N–H and O–H groups in total. The predicted octanol–water partition coefficient (Wildman–Crippen LogP) is 2.65. The van der Waals surface area contributed by atoms with Gasteiger partial charge in [0.1, 0.15) is 0 Å². The van der Waals surface area contributed by atoms with Crippen LogP contribution < -0.4 is 15.2 Å². The fraction of sp³-hybridized carbons (Fsp3) is 0.429. The summed E-state index contributed by atoms with van der Waals surface area (Å²) in [7, 11) is 1.56. The maximum atomic E-state index is 6.24. The number of methoxy groups -OCH3 is 1. The molecule has 1 aromatic heterocycles. The van der Waals surface area contributed by atoms with Crippen molar-refractivity contribution in [2.45, 2.75) is 19.4 Å². The minimum absolute atomic E-state index is 0.196. The van der Waals surface area contributed by atoms with Crippen LogP contribution in [0.15, 0.2) is 16.7 Å². The molecule has 3 rings (SSSR count). The maximum Gasteiger partial charge on any atom is 0.240 e. The van der Waals surface area contributed by atoms with Gasteiger partial charge in [-0.15, -0.1) is 0 Å². The number of hydrogen-bond donors (Lipinski definition) is 1. The highest BCUT2D eigenvalue weighted by molar-refractivity contribution is 6.32. The molecule has 0 saturated heterocycles. The minimum Gasteiger partial charge on any atom is -0.491 e. The summed E-state index contributed by atoms with van der Waals surface area (Å²) < 4.78 is 16.1. The van der Waals surface area contributed by atoms with Gasteiger partial charge in [0.05, 0.1) is 25.3 Å². The SMILES string of the molecule is COc1c(Cl)cc(-c2noc(CN)n2)cc1OCC1CC1. The molecule has 0 bridgehead atoms. The monoisotopic (exact) mass is 309 g/mol. The van der Waals surface area contributed by atoms with Crippen molar-refractivity contribution in [1.29, 1.82) is 0 Å². The van der Waals surface area contributed by atoms with Crippen molar-refractivity contribution in [1.82, 2.24) is 10.1 Å². The van der Waals surface area contributed by atoms with Crippen LogP contribution in [0.4, 0.5) is 0 Å². The first-order valence-corrected chi connectivity index (χ1v) is 7.12. The Labute approximate surface area is 127 Å². The van der Waals surface area contributed by atoms with Crippen molar-refractivity contribution < 1.29 is 14.0 Å². The van der Waals surface area contributed by atoms with Gasteiger partial charge in [0.15, 0.2) is 11.5 Å². The van der Waals surface area contributed by atoms with Crippen molar-refractivity contribution in [3.8, 4) is 22.9 Å². The molecule has 0 aliphatic heterocycles. The van der Waals surface area contributed by atoms with E-state index in [4.69, 9.17) is 31.3 Å². The highest BCUT2D eigenvalue weighted by Crippen LogP contribution is 2.40. The smallest absolute Gasteiger partial charge is 0.240 e. The minimum atomic E-state index is 0.196. The van der Waals surface area contributed by atoms with E-state index in [0.717, 1.165) is 0 Å². The van der Waals surface area contributed by atoms with Crippen LogP contribution in [0.25, 0.3) is 11.4 Å². The fourth-order valence-electron chi connectivity index (χ4n) is 1.95. The number of halogens is 1. The fourth-order valence-corrected chi connectivity index (χ4v) is 2.24. The Morgan fingerprint density at radius 2 is 2.24 bits per heavy atom.